The third kappa shape index (κ3) is 4.44. The lowest BCUT2D eigenvalue weighted by Gasteiger charge is -2.12. The van der Waals surface area contributed by atoms with Gasteiger partial charge in [-0.15, -0.1) is 0 Å². The highest BCUT2D eigenvalue weighted by molar-refractivity contribution is 6.03. The van der Waals surface area contributed by atoms with Crippen molar-refractivity contribution in [3.8, 4) is 6.07 Å². The minimum absolute atomic E-state index is 0.275. The van der Waals surface area contributed by atoms with Crippen LogP contribution in [0, 0.1) is 16.7 Å². The molecule has 8 nitrogen and oxygen atoms in total. The van der Waals surface area contributed by atoms with Crippen molar-refractivity contribution in [1.29, 1.82) is 10.7 Å². The topological polar surface area (TPSA) is 119 Å². The molecule has 0 bridgehead atoms. The van der Waals surface area contributed by atoms with E-state index in [0.29, 0.717) is 16.9 Å². The minimum Gasteiger partial charge on any atom is -0.352 e. The van der Waals surface area contributed by atoms with Gasteiger partial charge in [-0.2, -0.15) is 23.5 Å². The fourth-order valence-corrected chi connectivity index (χ4v) is 2.60. The third-order valence-corrected chi connectivity index (χ3v) is 3.97. The van der Waals surface area contributed by atoms with Gasteiger partial charge in [-0.25, -0.2) is 4.98 Å². The van der Waals surface area contributed by atoms with E-state index >= 15 is 0 Å². The van der Waals surface area contributed by atoms with Crippen LogP contribution in [0.4, 0.5) is 30.2 Å². The summed E-state index contributed by atoms with van der Waals surface area (Å²) in [7, 11) is 1.74. The van der Waals surface area contributed by atoms with E-state index in [-0.39, 0.29) is 5.69 Å². The van der Waals surface area contributed by atoms with E-state index in [9.17, 15) is 18.0 Å². The van der Waals surface area contributed by atoms with Crippen LogP contribution in [0.15, 0.2) is 42.7 Å². The molecule has 0 unspecified atom stereocenters. The van der Waals surface area contributed by atoms with Crippen LogP contribution in [0.2, 0.25) is 0 Å². The Bertz CT molecular complexity index is 1160. The average molecular weight is 413 g/mol. The molecule has 0 aliphatic rings. The molecule has 1 amide bonds. The number of hydrogen-bond donors (Lipinski definition) is 3. The Hall–Kier alpha value is -4.20. The van der Waals surface area contributed by atoms with Crippen molar-refractivity contribution in [2.24, 2.45) is 7.05 Å². The summed E-state index contributed by atoms with van der Waals surface area (Å²) >= 11 is 0. The molecule has 2 heterocycles. The van der Waals surface area contributed by atoms with Gasteiger partial charge in [0, 0.05) is 36.4 Å². The van der Waals surface area contributed by atoms with E-state index in [0.717, 1.165) is 18.3 Å². The lowest BCUT2D eigenvalue weighted by molar-refractivity contribution is -0.141. The van der Waals surface area contributed by atoms with E-state index in [1.165, 1.54) is 18.2 Å². The summed E-state index contributed by atoms with van der Waals surface area (Å²) in [4.78, 5) is 15.7. The summed E-state index contributed by atoms with van der Waals surface area (Å²) in [5.74, 6) is -0.875. The number of nitrogens with zero attached hydrogens (tertiary/aromatic N) is 4. The Kier molecular flexibility index (Phi) is 5.50. The number of amides is 1. The monoisotopic (exact) mass is 413 g/mol. The molecule has 0 saturated heterocycles. The maximum atomic E-state index is 13.1. The summed E-state index contributed by atoms with van der Waals surface area (Å²) in [6.07, 6.45) is -0.480. The van der Waals surface area contributed by atoms with Gasteiger partial charge in [-0.05, 0) is 30.3 Å². The summed E-state index contributed by atoms with van der Waals surface area (Å²) < 4.78 is 40.8. The second kappa shape index (κ2) is 8.04. The summed E-state index contributed by atoms with van der Waals surface area (Å²) in [5.41, 5.74) is -0.649. The second-order valence-corrected chi connectivity index (χ2v) is 6.13. The molecule has 2 aromatic heterocycles. The highest BCUT2D eigenvalue weighted by atomic mass is 19.4. The van der Waals surface area contributed by atoms with Crippen LogP contribution in [0.5, 0.6) is 0 Å². The normalized spacial score (nSPS) is 10.9. The quantitative estimate of drug-likeness (QED) is 0.551. The Balaban J connectivity index is 1.87. The van der Waals surface area contributed by atoms with Crippen LogP contribution in [0.3, 0.4) is 0 Å². The Labute approximate surface area is 168 Å². The number of benzene rings is 1. The zero-order chi connectivity index (χ0) is 21.9. The fourth-order valence-electron chi connectivity index (χ4n) is 2.60. The fraction of sp³-hybridized carbons (Fsp3) is 0.105. The third-order valence-electron chi connectivity index (χ3n) is 3.97. The number of carbonyl (C=O) groups excluding carboxylic acids is 1. The van der Waals surface area contributed by atoms with Crippen molar-refractivity contribution in [1.82, 2.24) is 14.8 Å². The molecule has 11 heteroatoms. The van der Waals surface area contributed by atoms with Gasteiger partial charge in [-0.1, -0.05) is 0 Å². The summed E-state index contributed by atoms with van der Waals surface area (Å²) in [6, 6.07) is 7.95. The number of rotatable bonds is 5. The highest BCUT2D eigenvalue weighted by Gasteiger charge is 2.36. The molecule has 0 saturated carbocycles. The molecule has 3 aromatic rings. The highest BCUT2D eigenvalue weighted by Crippen LogP contribution is 2.30. The molecule has 0 spiro atoms. The maximum Gasteiger partial charge on any atom is 0.434 e. The number of hydrogen-bond acceptors (Lipinski definition) is 6. The molecule has 1 aromatic carbocycles. The SMILES string of the molecule is Cn1cc(Nc2cc(NC(=O)c3ccc(C#N)c(C(F)(F)F)n3)ccc2C=N)cn1. The lowest BCUT2D eigenvalue weighted by Crippen LogP contribution is -2.18. The molecule has 0 fully saturated rings. The van der Waals surface area contributed by atoms with Crippen LogP contribution in [-0.4, -0.2) is 26.9 Å². The molecule has 3 N–H and O–H groups in total. The van der Waals surface area contributed by atoms with E-state index in [4.69, 9.17) is 10.7 Å². The van der Waals surface area contributed by atoms with Gasteiger partial charge in [0.25, 0.3) is 5.91 Å². The van der Waals surface area contributed by atoms with Crippen LogP contribution in [0.25, 0.3) is 0 Å². The van der Waals surface area contributed by atoms with Crippen molar-refractivity contribution in [3.05, 3.63) is 65.2 Å². The molecule has 30 heavy (non-hydrogen) atoms. The van der Waals surface area contributed by atoms with Crippen LogP contribution >= 0.6 is 0 Å². The van der Waals surface area contributed by atoms with Crippen molar-refractivity contribution in [3.63, 3.8) is 0 Å². The molecule has 3 rings (SSSR count). The molecular weight excluding hydrogens is 399 g/mol. The number of nitriles is 1. The minimum atomic E-state index is -4.87. The molecule has 0 radical (unpaired) electrons. The molecule has 152 valence electrons. The number of carbonyl (C=O) groups is 1. The van der Waals surface area contributed by atoms with Gasteiger partial charge in [0.05, 0.1) is 17.4 Å². The molecule has 0 atom stereocenters. The second-order valence-electron chi connectivity index (χ2n) is 6.13. The number of nitrogens with one attached hydrogen (secondary N) is 3. The zero-order valence-electron chi connectivity index (χ0n) is 15.4. The van der Waals surface area contributed by atoms with Crippen molar-refractivity contribution >= 4 is 29.2 Å². The number of anilines is 3. The molecular formula is C19H14F3N7O. The predicted molar refractivity (Wildman–Crippen MR) is 103 cm³/mol. The predicted octanol–water partition coefficient (Wildman–Crippen LogP) is 3.70. The van der Waals surface area contributed by atoms with E-state index < -0.39 is 29.0 Å². The average Bonchev–Trinajstić information content (AvgIpc) is 3.11. The molecule has 0 aliphatic heterocycles. The van der Waals surface area contributed by atoms with Crippen LogP contribution < -0.4 is 10.6 Å². The summed E-state index contributed by atoms with van der Waals surface area (Å²) in [5, 5.41) is 25.9. The Morgan fingerprint density at radius 2 is 2.03 bits per heavy atom. The standard InChI is InChI=1S/C19H14F3N7O/c1-29-10-14(9-25-29)26-16-6-13(4-2-11(16)7-23)27-18(30)15-5-3-12(8-24)17(28-15)19(20,21)22/h2-7,9-10,23,26H,1H3,(H,27,30). The first kappa shape index (κ1) is 20.5. The van der Waals surface area contributed by atoms with E-state index in [1.807, 2.05) is 0 Å². The zero-order valence-corrected chi connectivity index (χ0v) is 15.4. The number of alkyl halides is 3. The van der Waals surface area contributed by atoms with Gasteiger partial charge in [-0.3, -0.25) is 9.48 Å². The Morgan fingerprint density at radius 1 is 1.27 bits per heavy atom. The first-order valence-electron chi connectivity index (χ1n) is 8.41. The largest absolute Gasteiger partial charge is 0.434 e. The maximum absolute atomic E-state index is 13.1. The first-order chi connectivity index (χ1) is 14.2. The van der Waals surface area contributed by atoms with Crippen LogP contribution in [0.1, 0.15) is 27.3 Å². The van der Waals surface area contributed by atoms with Crippen molar-refractivity contribution < 1.29 is 18.0 Å². The number of aromatic nitrogens is 3. The van der Waals surface area contributed by atoms with E-state index in [2.05, 4.69) is 20.7 Å². The number of pyridine rings is 1. The van der Waals surface area contributed by atoms with Gasteiger partial charge in [0.2, 0.25) is 0 Å². The number of aryl methyl sites for hydroxylation is 1. The smallest absolute Gasteiger partial charge is 0.352 e. The Morgan fingerprint density at radius 3 is 2.63 bits per heavy atom. The van der Waals surface area contributed by atoms with Crippen LogP contribution in [-0.2, 0) is 13.2 Å². The van der Waals surface area contributed by atoms with E-state index in [1.54, 1.807) is 30.2 Å². The van der Waals surface area contributed by atoms with Gasteiger partial charge >= 0.3 is 6.18 Å². The van der Waals surface area contributed by atoms with Gasteiger partial charge in [0.15, 0.2) is 5.69 Å². The van der Waals surface area contributed by atoms with Gasteiger partial charge < -0.3 is 16.0 Å². The van der Waals surface area contributed by atoms with Crippen molar-refractivity contribution in [2.45, 2.75) is 6.18 Å². The summed E-state index contributed by atoms with van der Waals surface area (Å²) in [6.45, 7) is 0. The first-order valence-corrected chi connectivity index (χ1v) is 8.41. The lowest BCUT2D eigenvalue weighted by atomic mass is 10.1. The molecule has 0 aliphatic carbocycles. The van der Waals surface area contributed by atoms with Crippen molar-refractivity contribution in [2.75, 3.05) is 10.6 Å². The van der Waals surface area contributed by atoms with Gasteiger partial charge in [0.1, 0.15) is 11.8 Å². The number of halogens is 3.